The van der Waals surface area contributed by atoms with Crippen molar-refractivity contribution in [3.05, 3.63) is 62.5 Å². The van der Waals surface area contributed by atoms with Crippen molar-refractivity contribution in [3.63, 3.8) is 0 Å². The Morgan fingerprint density at radius 2 is 1.75 bits per heavy atom. The molecule has 2 aromatic carbocycles. The first-order valence-corrected chi connectivity index (χ1v) is 15.6. The van der Waals surface area contributed by atoms with Crippen molar-refractivity contribution in [1.82, 2.24) is 24.7 Å². The second kappa shape index (κ2) is 11.7. The summed E-state index contributed by atoms with van der Waals surface area (Å²) in [6, 6.07) is 11.3. The number of hydrogen-bond acceptors (Lipinski definition) is 5. The van der Waals surface area contributed by atoms with Crippen molar-refractivity contribution in [3.8, 4) is 0 Å². The first kappa shape index (κ1) is 29.5. The Morgan fingerprint density at radius 1 is 1.05 bits per heavy atom. The number of piperazine rings is 1. The molecule has 12 heteroatoms. The molecule has 3 fully saturated rings. The van der Waals surface area contributed by atoms with E-state index in [0.29, 0.717) is 23.0 Å². The zero-order valence-electron chi connectivity index (χ0n) is 22.5. The number of urea groups is 1. The Bertz CT molecular complexity index is 1300. The summed E-state index contributed by atoms with van der Waals surface area (Å²) >= 11 is 17.6. The molecule has 2 aliphatic heterocycles. The summed E-state index contributed by atoms with van der Waals surface area (Å²) in [5.41, 5.74) is 0.470. The highest BCUT2D eigenvalue weighted by molar-refractivity contribution is 9.10. The summed E-state index contributed by atoms with van der Waals surface area (Å²) in [5.74, 6) is -0.316. The maximum absolute atomic E-state index is 14.1. The molecule has 40 heavy (non-hydrogen) atoms. The molecular weight excluding hydrogens is 637 g/mol. The highest BCUT2D eigenvalue weighted by Crippen LogP contribution is 2.40. The van der Waals surface area contributed by atoms with Gasteiger partial charge in [0.1, 0.15) is 18.2 Å². The molecular formula is C28H32BrCl2N5O3S. The van der Waals surface area contributed by atoms with Crippen LogP contribution in [0.5, 0.6) is 0 Å². The number of hydrogen-bond donors (Lipinski definition) is 2. The lowest BCUT2D eigenvalue weighted by atomic mass is 9.97. The van der Waals surface area contributed by atoms with Gasteiger partial charge in [0.2, 0.25) is 11.8 Å². The molecule has 2 N–H and O–H groups in total. The van der Waals surface area contributed by atoms with Gasteiger partial charge in [0.15, 0.2) is 0 Å². The van der Waals surface area contributed by atoms with Crippen LogP contribution in [0.3, 0.4) is 0 Å². The summed E-state index contributed by atoms with van der Waals surface area (Å²) < 4.78 is 3.00. The summed E-state index contributed by atoms with van der Waals surface area (Å²) in [7, 11) is 0. The van der Waals surface area contributed by atoms with Crippen LogP contribution >= 0.6 is 51.1 Å². The zero-order valence-corrected chi connectivity index (χ0v) is 26.4. The van der Waals surface area contributed by atoms with E-state index in [1.165, 1.54) is 11.9 Å². The van der Waals surface area contributed by atoms with Gasteiger partial charge in [0.25, 0.3) is 0 Å². The third kappa shape index (κ3) is 6.73. The maximum atomic E-state index is 14.1. The highest BCUT2D eigenvalue weighted by atomic mass is 79.9. The minimum atomic E-state index is -0.857. The topological polar surface area (TPSA) is 85.0 Å². The standard InChI is InChI=1S/C28H32BrCl2N5O3S/c1-28(2,3)33-27(39)32-21-14-35(40-23-11-8-18(30)13-20(23)31)24-15-34(19-9-10-19)26(38)22(36(24)25(21)37)12-16-4-6-17(29)7-5-16/h4-8,11,13,19,21-22,24H,9-10,12,14-15H2,1-3H3,(H2,32,33,39). The van der Waals surface area contributed by atoms with E-state index in [1.807, 2.05) is 56.0 Å². The summed E-state index contributed by atoms with van der Waals surface area (Å²) in [6.45, 7) is 6.27. The summed E-state index contributed by atoms with van der Waals surface area (Å²) in [6.07, 6.45) is 1.90. The number of halogens is 3. The molecule has 214 valence electrons. The Hall–Kier alpha value is -1.98. The van der Waals surface area contributed by atoms with E-state index in [0.717, 1.165) is 27.8 Å². The predicted octanol–water partition coefficient (Wildman–Crippen LogP) is 5.32. The first-order chi connectivity index (χ1) is 18.9. The van der Waals surface area contributed by atoms with Crippen molar-refractivity contribution < 1.29 is 14.4 Å². The Labute approximate surface area is 257 Å². The van der Waals surface area contributed by atoms with Crippen LogP contribution in [0.25, 0.3) is 0 Å². The molecule has 2 heterocycles. The smallest absolute Gasteiger partial charge is 0.315 e. The molecule has 5 rings (SSSR count). The molecule has 2 saturated heterocycles. The molecule has 3 atom stereocenters. The van der Waals surface area contributed by atoms with Crippen LogP contribution in [0.4, 0.5) is 4.79 Å². The Balaban J connectivity index is 1.50. The molecule has 0 bridgehead atoms. The number of fused-ring (bicyclic) bond motifs is 1. The van der Waals surface area contributed by atoms with Crippen LogP contribution in [0.2, 0.25) is 10.0 Å². The van der Waals surface area contributed by atoms with E-state index >= 15 is 0 Å². The molecule has 0 radical (unpaired) electrons. The molecule has 0 spiro atoms. The maximum Gasteiger partial charge on any atom is 0.315 e. The lowest BCUT2D eigenvalue weighted by Gasteiger charge is -2.53. The van der Waals surface area contributed by atoms with Gasteiger partial charge in [-0.2, -0.15) is 0 Å². The average molecular weight is 669 g/mol. The number of carbonyl (C=O) groups excluding carboxylic acids is 3. The van der Waals surface area contributed by atoms with Gasteiger partial charge in [0.05, 0.1) is 11.6 Å². The van der Waals surface area contributed by atoms with E-state index in [1.54, 1.807) is 17.0 Å². The monoisotopic (exact) mass is 667 g/mol. The quantitative estimate of drug-likeness (QED) is 0.408. The van der Waals surface area contributed by atoms with Crippen molar-refractivity contribution >= 4 is 68.9 Å². The minimum Gasteiger partial charge on any atom is -0.334 e. The minimum absolute atomic E-state index is 0.0516. The normalized spacial score (nSPS) is 23.7. The SMILES string of the molecule is CC(C)(C)NC(=O)NC1CN(Sc2ccc(Cl)cc2Cl)C2CN(C3CC3)C(=O)C(Cc3ccc(Br)cc3)N2C1=O. The van der Waals surface area contributed by atoms with Crippen molar-refractivity contribution in [2.45, 2.75) is 74.8 Å². The lowest BCUT2D eigenvalue weighted by Crippen LogP contribution is -2.75. The number of carbonyl (C=O) groups is 3. The van der Waals surface area contributed by atoms with Gasteiger partial charge in [-0.05, 0) is 81.5 Å². The Kier molecular flexibility index (Phi) is 8.65. The molecule has 3 unspecified atom stereocenters. The molecule has 3 aliphatic rings. The van der Waals surface area contributed by atoms with Crippen LogP contribution in [0, 0.1) is 0 Å². The van der Waals surface area contributed by atoms with Gasteiger partial charge in [-0.1, -0.05) is 51.3 Å². The zero-order chi connectivity index (χ0) is 28.8. The summed E-state index contributed by atoms with van der Waals surface area (Å²) in [5, 5.41) is 6.76. The molecule has 1 aliphatic carbocycles. The number of rotatable bonds is 6. The van der Waals surface area contributed by atoms with Gasteiger partial charge < -0.3 is 20.4 Å². The highest BCUT2D eigenvalue weighted by Gasteiger charge is 2.53. The summed E-state index contributed by atoms with van der Waals surface area (Å²) in [4.78, 5) is 45.3. The van der Waals surface area contributed by atoms with E-state index in [4.69, 9.17) is 23.2 Å². The fraction of sp³-hybridized carbons (Fsp3) is 0.464. The average Bonchev–Trinajstić information content (AvgIpc) is 3.70. The van der Waals surface area contributed by atoms with Gasteiger partial charge in [-0.25, -0.2) is 9.10 Å². The third-order valence-electron chi connectivity index (χ3n) is 7.07. The molecule has 8 nitrogen and oxygen atoms in total. The van der Waals surface area contributed by atoms with Crippen molar-refractivity contribution in [1.29, 1.82) is 0 Å². The first-order valence-electron chi connectivity index (χ1n) is 13.2. The second-order valence-corrected chi connectivity index (χ2v) is 14.3. The van der Waals surface area contributed by atoms with Crippen LogP contribution < -0.4 is 10.6 Å². The predicted molar refractivity (Wildman–Crippen MR) is 161 cm³/mol. The molecule has 4 amide bonds. The molecule has 0 aromatic heterocycles. The van der Waals surface area contributed by atoms with Gasteiger partial charge in [-0.3, -0.25) is 9.59 Å². The van der Waals surface area contributed by atoms with E-state index in [-0.39, 0.29) is 24.4 Å². The van der Waals surface area contributed by atoms with E-state index in [2.05, 4.69) is 30.9 Å². The van der Waals surface area contributed by atoms with Crippen LogP contribution in [-0.2, 0) is 16.0 Å². The molecule has 1 saturated carbocycles. The molecule has 2 aromatic rings. The largest absolute Gasteiger partial charge is 0.334 e. The number of amides is 4. The van der Waals surface area contributed by atoms with Gasteiger partial charge >= 0.3 is 6.03 Å². The van der Waals surface area contributed by atoms with Crippen LogP contribution in [-0.4, -0.2) is 74.9 Å². The lowest BCUT2D eigenvalue weighted by molar-refractivity contribution is -0.166. The van der Waals surface area contributed by atoms with Gasteiger partial charge in [-0.15, -0.1) is 0 Å². The fourth-order valence-electron chi connectivity index (χ4n) is 5.12. The third-order valence-corrected chi connectivity index (χ3v) is 9.43. The van der Waals surface area contributed by atoms with Crippen molar-refractivity contribution in [2.75, 3.05) is 13.1 Å². The van der Waals surface area contributed by atoms with E-state index < -0.39 is 29.8 Å². The van der Waals surface area contributed by atoms with Crippen molar-refractivity contribution in [2.24, 2.45) is 0 Å². The fourth-order valence-corrected chi connectivity index (χ4v) is 6.94. The van der Waals surface area contributed by atoms with Gasteiger partial charge in [0, 0.05) is 38.9 Å². The van der Waals surface area contributed by atoms with Crippen LogP contribution in [0.15, 0.2) is 51.8 Å². The second-order valence-electron chi connectivity index (χ2n) is 11.5. The number of nitrogens with zero attached hydrogens (tertiary/aromatic N) is 3. The van der Waals surface area contributed by atoms with Crippen LogP contribution in [0.1, 0.15) is 39.2 Å². The number of benzene rings is 2. The van der Waals surface area contributed by atoms with E-state index in [9.17, 15) is 14.4 Å². The Morgan fingerprint density at radius 3 is 2.38 bits per heavy atom. The number of nitrogens with one attached hydrogen (secondary N) is 2.